The van der Waals surface area contributed by atoms with Crippen LogP contribution in [0.2, 0.25) is 0 Å². The van der Waals surface area contributed by atoms with Gasteiger partial charge >= 0.3 is 6.18 Å². The zero-order valence-electron chi connectivity index (χ0n) is 14.6. The molecule has 0 radical (unpaired) electrons. The minimum Gasteiger partial charge on any atom is -0.364 e. The number of anilines is 1. The van der Waals surface area contributed by atoms with Crippen LogP contribution in [0.1, 0.15) is 11.3 Å². The molecule has 2 aromatic carbocycles. The van der Waals surface area contributed by atoms with Gasteiger partial charge in [0.2, 0.25) is 0 Å². The fourth-order valence-corrected chi connectivity index (χ4v) is 2.93. The van der Waals surface area contributed by atoms with Crippen molar-refractivity contribution in [1.29, 1.82) is 0 Å². The summed E-state index contributed by atoms with van der Waals surface area (Å²) < 4.78 is 40.3. The SMILES string of the molecule is FC(F)(F)c1ccccc1-c1nc(NCc2ccccn2)c2ccccc2n1. The zero-order chi connectivity index (χ0) is 19.6. The van der Waals surface area contributed by atoms with E-state index in [1.165, 1.54) is 12.1 Å². The summed E-state index contributed by atoms with van der Waals surface area (Å²) in [7, 11) is 0. The average molecular weight is 380 g/mol. The first-order chi connectivity index (χ1) is 13.5. The second kappa shape index (κ2) is 7.26. The number of nitrogens with one attached hydrogen (secondary N) is 1. The largest absolute Gasteiger partial charge is 0.417 e. The van der Waals surface area contributed by atoms with Crippen molar-refractivity contribution in [2.75, 3.05) is 5.32 Å². The van der Waals surface area contributed by atoms with Crippen LogP contribution in [0.5, 0.6) is 0 Å². The Bertz CT molecular complexity index is 1110. The Hall–Kier alpha value is -3.48. The maximum absolute atomic E-state index is 13.4. The van der Waals surface area contributed by atoms with Crippen molar-refractivity contribution < 1.29 is 13.2 Å². The van der Waals surface area contributed by atoms with Crippen LogP contribution < -0.4 is 5.32 Å². The third-order valence-electron chi connectivity index (χ3n) is 4.24. The van der Waals surface area contributed by atoms with Gasteiger partial charge < -0.3 is 5.32 Å². The van der Waals surface area contributed by atoms with Crippen molar-refractivity contribution in [1.82, 2.24) is 15.0 Å². The summed E-state index contributed by atoms with van der Waals surface area (Å²) in [4.78, 5) is 13.0. The maximum Gasteiger partial charge on any atom is 0.417 e. The Morgan fingerprint density at radius 2 is 1.57 bits per heavy atom. The molecule has 0 aliphatic carbocycles. The van der Waals surface area contributed by atoms with Crippen LogP contribution in [0.15, 0.2) is 72.9 Å². The molecule has 4 nitrogen and oxygen atoms in total. The topological polar surface area (TPSA) is 50.7 Å². The van der Waals surface area contributed by atoms with Gasteiger partial charge in [0.25, 0.3) is 0 Å². The van der Waals surface area contributed by atoms with Crippen molar-refractivity contribution in [2.45, 2.75) is 12.7 Å². The van der Waals surface area contributed by atoms with Gasteiger partial charge in [-0.05, 0) is 30.3 Å². The number of aromatic nitrogens is 3. The molecule has 2 aromatic heterocycles. The van der Waals surface area contributed by atoms with E-state index in [0.717, 1.165) is 17.1 Å². The Balaban J connectivity index is 1.81. The first kappa shape index (κ1) is 17.9. The summed E-state index contributed by atoms with van der Waals surface area (Å²) >= 11 is 0. The average Bonchev–Trinajstić information content (AvgIpc) is 2.72. The summed E-state index contributed by atoms with van der Waals surface area (Å²) in [5.41, 5.74) is 0.540. The lowest BCUT2D eigenvalue weighted by Gasteiger charge is -2.14. The fraction of sp³-hybridized carbons (Fsp3) is 0.0952. The van der Waals surface area contributed by atoms with Gasteiger partial charge in [0.05, 0.1) is 23.3 Å². The quantitative estimate of drug-likeness (QED) is 0.520. The van der Waals surface area contributed by atoms with Crippen molar-refractivity contribution in [2.24, 2.45) is 0 Å². The molecular weight excluding hydrogens is 365 g/mol. The Morgan fingerprint density at radius 1 is 0.821 bits per heavy atom. The number of alkyl halides is 3. The monoisotopic (exact) mass is 380 g/mol. The maximum atomic E-state index is 13.4. The normalized spacial score (nSPS) is 11.5. The van der Waals surface area contributed by atoms with Gasteiger partial charge in [0.15, 0.2) is 5.82 Å². The molecule has 0 atom stereocenters. The highest BCUT2D eigenvalue weighted by Crippen LogP contribution is 2.36. The number of pyridine rings is 1. The van der Waals surface area contributed by atoms with E-state index < -0.39 is 11.7 Å². The summed E-state index contributed by atoms with van der Waals surface area (Å²) in [5, 5.41) is 3.91. The molecule has 0 bridgehead atoms. The van der Waals surface area contributed by atoms with E-state index in [9.17, 15) is 13.2 Å². The highest BCUT2D eigenvalue weighted by Gasteiger charge is 2.34. The van der Waals surface area contributed by atoms with Crippen LogP contribution in [0.25, 0.3) is 22.3 Å². The fourth-order valence-electron chi connectivity index (χ4n) is 2.93. The van der Waals surface area contributed by atoms with Gasteiger partial charge in [0, 0.05) is 17.1 Å². The van der Waals surface area contributed by atoms with E-state index >= 15 is 0 Å². The second-order valence-electron chi connectivity index (χ2n) is 6.13. The van der Waals surface area contributed by atoms with E-state index in [-0.39, 0.29) is 11.4 Å². The number of halogens is 3. The van der Waals surface area contributed by atoms with Gasteiger partial charge in [-0.3, -0.25) is 4.98 Å². The zero-order valence-corrected chi connectivity index (χ0v) is 14.6. The van der Waals surface area contributed by atoms with Gasteiger partial charge in [-0.15, -0.1) is 0 Å². The number of para-hydroxylation sites is 1. The Morgan fingerprint density at radius 3 is 2.36 bits per heavy atom. The Kier molecular flexibility index (Phi) is 4.65. The number of hydrogen-bond acceptors (Lipinski definition) is 4. The van der Waals surface area contributed by atoms with Crippen LogP contribution in [-0.4, -0.2) is 15.0 Å². The number of rotatable bonds is 4. The van der Waals surface area contributed by atoms with Gasteiger partial charge in [-0.25, -0.2) is 9.97 Å². The summed E-state index contributed by atoms with van der Waals surface area (Å²) in [6.07, 6.45) is -2.81. The van der Waals surface area contributed by atoms with Gasteiger partial charge in [-0.1, -0.05) is 36.4 Å². The lowest BCUT2D eigenvalue weighted by atomic mass is 10.1. The van der Waals surface area contributed by atoms with Gasteiger partial charge in [0.1, 0.15) is 5.82 Å². The van der Waals surface area contributed by atoms with Crippen LogP contribution >= 0.6 is 0 Å². The predicted molar refractivity (Wildman–Crippen MR) is 102 cm³/mol. The molecule has 4 aromatic rings. The summed E-state index contributed by atoms with van der Waals surface area (Å²) in [6.45, 7) is 0.391. The second-order valence-corrected chi connectivity index (χ2v) is 6.13. The van der Waals surface area contributed by atoms with Crippen molar-refractivity contribution in [3.05, 3.63) is 84.2 Å². The highest BCUT2D eigenvalue weighted by atomic mass is 19.4. The number of fused-ring (bicyclic) bond motifs is 1. The third-order valence-corrected chi connectivity index (χ3v) is 4.24. The molecule has 0 amide bonds. The minimum atomic E-state index is -4.49. The molecule has 0 aliphatic rings. The first-order valence-electron chi connectivity index (χ1n) is 8.59. The molecule has 0 saturated heterocycles. The molecule has 2 heterocycles. The van der Waals surface area contributed by atoms with Crippen LogP contribution in [0.3, 0.4) is 0 Å². The van der Waals surface area contributed by atoms with Crippen LogP contribution in [0.4, 0.5) is 19.0 Å². The lowest BCUT2D eigenvalue weighted by molar-refractivity contribution is -0.137. The molecule has 28 heavy (non-hydrogen) atoms. The number of benzene rings is 2. The predicted octanol–water partition coefficient (Wildman–Crippen LogP) is 5.32. The molecule has 0 spiro atoms. The van der Waals surface area contributed by atoms with E-state index in [2.05, 4.69) is 20.3 Å². The van der Waals surface area contributed by atoms with E-state index in [0.29, 0.717) is 17.9 Å². The molecule has 1 N–H and O–H groups in total. The molecular formula is C21H15F3N4. The number of nitrogens with zero attached hydrogens (tertiary/aromatic N) is 3. The van der Waals surface area contributed by atoms with Crippen LogP contribution in [-0.2, 0) is 12.7 Å². The molecule has 7 heteroatoms. The van der Waals surface area contributed by atoms with Gasteiger partial charge in [-0.2, -0.15) is 13.2 Å². The minimum absolute atomic E-state index is 0.0233. The lowest BCUT2D eigenvalue weighted by Crippen LogP contribution is -2.09. The molecule has 0 aliphatic heterocycles. The molecule has 4 rings (SSSR count). The van der Waals surface area contributed by atoms with E-state index in [1.807, 2.05) is 30.3 Å². The molecule has 140 valence electrons. The Labute approximate surface area is 159 Å². The smallest absolute Gasteiger partial charge is 0.364 e. The van der Waals surface area contributed by atoms with Crippen LogP contribution in [0, 0.1) is 0 Å². The first-order valence-corrected chi connectivity index (χ1v) is 8.59. The molecule has 0 unspecified atom stereocenters. The standard InChI is InChI=1S/C21H15F3N4/c22-21(23,24)17-10-3-1-8-15(17)20-27-18-11-4-2-9-16(18)19(28-20)26-13-14-7-5-6-12-25-14/h1-12H,13H2,(H,26,27,28). The highest BCUT2D eigenvalue weighted by molar-refractivity contribution is 5.90. The third kappa shape index (κ3) is 3.64. The van der Waals surface area contributed by atoms with Crippen molar-refractivity contribution in [3.63, 3.8) is 0 Å². The van der Waals surface area contributed by atoms with E-state index in [1.54, 1.807) is 24.4 Å². The molecule has 0 saturated carbocycles. The summed E-state index contributed by atoms with van der Waals surface area (Å²) in [6, 6.07) is 18.1. The van der Waals surface area contributed by atoms with E-state index in [4.69, 9.17) is 0 Å². The van der Waals surface area contributed by atoms with Crippen molar-refractivity contribution in [3.8, 4) is 11.4 Å². The summed E-state index contributed by atoms with van der Waals surface area (Å²) in [5.74, 6) is 0.485. The number of hydrogen-bond donors (Lipinski definition) is 1. The molecule has 0 fully saturated rings. The van der Waals surface area contributed by atoms with Crippen molar-refractivity contribution >= 4 is 16.7 Å².